The number of nitrogens with zero attached hydrogens (tertiary/aromatic N) is 1. The van der Waals surface area contributed by atoms with Crippen molar-refractivity contribution in [1.82, 2.24) is 0 Å². The number of furan rings is 1. The average Bonchev–Trinajstić information content (AvgIpc) is 3.23. The van der Waals surface area contributed by atoms with Gasteiger partial charge >= 0.3 is 0 Å². The molecular weight excluding hydrogens is 396 g/mol. The van der Waals surface area contributed by atoms with Crippen molar-refractivity contribution in [3.8, 4) is 5.75 Å². The molecule has 0 radical (unpaired) electrons. The number of carbonyl (C=O) groups is 1. The molecule has 0 atom stereocenters. The minimum Gasteiger partial charge on any atom is -0.496 e. The van der Waals surface area contributed by atoms with Crippen molar-refractivity contribution in [3.63, 3.8) is 0 Å². The molecule has 0 aliphatic rings. The minimum atomic E-state index is -0.570. The molecule has 1 N–H and O–H groups in total. The maximum Gasteiger partial charge on any atom is 0.296 e. The molecule has 0 saturated carbocycles. The van der Waals surface area contributed by atoms with Gasteiger partial charge in [-0.2, -0.15) is 0 Å². The predicted octanol–water partition coefficient (Wildman–Crippen LogP) is 5.58. The largest absolute Gasteiger partial charge is 0.496 e. The fourth-order valence-electron chi connectivity index (χ4n) is 3.69. The van der Waals surface area contributed by atoms with Gasteiger partial charge in [-0.25, -0.2) is 0 Å². The molecule has 31 heavy (non-hydrogen) atoms. The van der Waals surface area contributed by atoms with Crippen molar-refractivity contribution in [1.29, 1.82) is 0 Å². The van der Waals surface area contributed by atoms with Crippen LogP contribution in [0, 0.1) is 44.7 Å². The zero-order valence-electron chi connectivity index (χ0n) is 18.6. The van der Waals surface area contributed by atoms with Crippen LogP contribution in [-0.4, -0.2) is 17.9 Å². The maximum absolute atomic E-state index is 12.6. The molecule has 0 aliphatic carbocycles. The summed E-state index contributed by atoms with van der Waals surface area (Å²) in [6.07, 6.45) is 0.565. The Balaban J connectivity index is 1.84. The van der Waals surface area contributed by atoms with Crippen LogP contribution in [0.15, 0.2) is 34.7 Å². The first-order valence-electron chi connectivity index (χ1n) is 9.92. The lowest BCUT2D eigenvalue weighted by Gasteiger charge is -2.18. The SMILES string of the molecule is COc1ccc(NC(=O)c2ccc(Cc3c(C)c(C)c(C)c(C)c3C)o2)c([N+](=O)[O-])c1. The Kier molecular flexibility index (Phi) is 6.15. The van der Waals surface area contributed by atoms with Crippen LogP contribution in [0.1, 0.15) is 49.7 Å². The van der Waals surface area contributed by atoms with Gasteiger partial charge in [0.05, 0.1) is 18.1 Å². The first-order valence-corrected chi connectivity index (χ1v) is 9.92. The van der Waals surface area contributed by atoms with Crippen molar-refractivity contribution in [2.45, 2.75) is 41.0 Å². The highest BCUT2D eigenvalue weighted by molar-refractivity contribution is 6.03. The Bertz CT molecular complexity index is 1150. The highest BCUT2D eigenvalue weighted by atomic mass is 16.6. The number of benzene rings is 2. The first kappa shape index (κ1) is 22.1. The number of carbonyl (C=O) groups excluding carboxylic acids is 1. The fourth-order valence-corrected chi connectivity index (χ4v) is 3.69. The summed E-state index contributed by atoms with van der Waals surface area (Å²) in [7, 11) is 1.42. The molecule has 0 bridgehead atoms. The number of amides is 1. The number of hydrogen-bond donors (Lipinski definition) is 1. The Labute approximate surface area is 181 Å². The van der Waals surface area contributed by atoms with E-state index in [2.05, 4.69) is 39.9 Å². The number of anilines is 1. The number of rotatable bonds is 6. The molecule has 1 aromatic heterocycles. The van der Waals surface area contributed by atoms with Gasteiger partial charge < -0.3 is 14.5 Å². The lowest BCUT2D eigenvalue weighted by Crippen LogP contribution is -2.12. The van der Waals surface area contributed by atoms with Gasteiger partial charge in [0, 0.05) is 6.42 Å². The van der Waals surface area contributed by atoms with E-state index in [1.165, 1.54) is 52.6 Å². The summed E-state index contributed by atoms with van der Waals surface area (Å²) in [6, 6.07) is 7.59. The highest BCUT2D eigenvalue weighted by Gasteiger charge is 2.20. The molecule has 0 aliphatic heterocycles. The molecule has 1 amide bonds. The smallest absolute Gasteiger partial charge is 0.296 e. The standard InChI is InChI=1S/C24H26N2O5/c1-13-14(2)16(4)20(17(5)15(13)3)11-19-8-10-23(31-19)24(27)25-21-9-7-18(30-6)12-22(21)26(28)29/h7-10,12H,11H2,1-6H3,(H,25,27). The third kappa shape index (κ3) is 4.30. The van der Waals surface area contributed by atoms with Crippen LogP contribution in [0.3, 0.4) is 0 Å². The van der Waals surface area contributed by atoms with Crippen molar-refractivity contribution in [3.05, 3.63) is 85.3 Å². The van der Waals surface area contributed by atoms with E-state index in [-0.39, 0.29) is 17.1 Å². The summed E-state index contributed by atoms with van der Waals surface area (Å²) < 4.78 is 10.8. The highest BCUT2D eigenvalue weighted by Crippen LogP contribution is 2.30. The molecule has 1 heterocycles. The van der Waals surface area contributed by atoms with E-state index in [0.717, 1.165) is 0 Å². The molecule has 0 saturated heterocycles. The van der Waals surface area contributed by atoms with Gasteiger partial charge in [-0.15, -0.1) is 0 Å². The summed E-state index contributed by atoms with van der Waals surface area (Å²) in [5.74, 6) is 0.530. The summed E-state index contributed by atoms with van der Waals surface area (Å²) in [5.41, 5.74) is 7.26. The van der Waals surface area contributed by atoms with Crippen LogP contribution in [0.5, 0.6) is 5.75 Å². The number of methoxy groups -OCH3 is 1. The van der Waals surface area contributed by atoms with Gasteiger partial charge in [0.25, 0.3) is 11.6 Å². The number of nitrogens with one attached hydrogen (secondary N) is 1. The Morgan fingerprint density at radius 1 is 1.00 bits per heavy atom. The topological polar surface area (TPSA) is 94.6 Å². The number of nitro benzene ring substituents is 1. The van der Waals surface area contributed by atoms with Crippen LogP contribution in [0.4, 0.5) is 11.4 Å². The molecular formula is C24H26N2O5. The van der Waals surface area contributed by atoms with Crippen molar-refractivity contribution in [2.75, 3.05) is 12.4 Å². The monoisotopic (exact) mass is 422 g/mol. The van der Waals surface area contributed by atoms with E-state index in [4.69, 9.17) is 9.15 Å². The molecule has 7 nitrogen and oxygen atoms in total. The van der Waals surface area contributed by atoms with E-state index in [1.54, 1.807) is 18.2 Å². The third-order valence-electron chi connectivity index (χ3n) is 6.04. The molecule has 3 aromatic rings. The molecule has 0 unspecified atom stereocenters. The average molecular weight is 422 g/mol. The number of ether oxygens (including phenoxy) is 1. The van der Waals surface area contributed by atoms with Gasteiger partial charge in [0.15, 0.2) is 5.76 Å². The molecule has 0 spiro atoms. The van der Waals surface area contributed by atoms with Crippen molar-refractivity contribution < 1.29 is 18.9 Å². The van der Waals surface area contributed by atoms with Crippen LogP contribution in [0.25, 0.3) is 0 Å². The van der Waals surface area contributed by atoms with Gasteiger partial charge in [-0.3, -0.25) is 14.9 Å². The molecule has 3 rings (SSSR count). The summed E-state index contributed by atoms with van der Waals surface area (Å²) in [6.45, 7) is 10.6. The van der Waals surface area contributed by atoms with Crippen LogP contribution in [-0.2, 0) is 6.42 Å². The van der Waals surface area contributed by atoms with Gasteiger partial charge in [0.1, 0.15) is 17.2 Å². The molecule has 162 valence electrons. The molecule has 2 aromatic carbocycles. The van der Waals surface area contributed by atoms with Crippen molar-refractivity contribution in [2.24, 2.45) is 0 Å². The lowest BCUT2D eigenvalue weighted by atomic mass is 9.88. The Morgan fingerprint density at radius 2 is 1.61 bits per heavy atom. The van der Waals surface area contributed by atoms with Gasteiger partial charge in [-0.1, -0.05) is 0 Å². The minimum absolute atomic E-state index is 0.0743. The summed E-state index contributed by atoms with van der Waals surface area (Å²) in [5, 5.41) is 13.9. The van der Waals surface area contributed by atoms with Crippen LogP contribution < -0.4 is 10.1 Å². The Hall–Kier alpha value is -3.61. The number of nitro groups is 1. The Morgan fingerprint density at radius 3 is 2.19 bits per heavy atom. The zero-order valence-corrected chi connectivity index (χ0v) is 18.6. The normalized spacial score (nSPS) is 10.8. The van der Waals surface area contributed by atoms with Gasteiger partial charge in [-0.05, 0) is 92.3 Å². The first-order chi connectivity index (χ1) is 14.6. The third-order valence-corrected chi connectivity index (χ3v) is 6.04. The molecule has 7 heteroatoms. The number of hydrogen-bond acceptors (Lipinski definition) is 5. The predicted molar refractivity (Wildman–Crippen MR) is 119 cm³/mol. The summed E-state index contributed by atoms with van der Waals surface area (Å²) in [4.78, 5) is 23.4. The molecule has 0 fully saturated rings. The van der Waals surface area contributed by atoms with Crippen LogP contribution >= 0.6 is 0 Å². The van der Waals surface area contributed by atoms with E-state index < -0.39 is 10.8 Å². The van der Waals surface area contributed by atoms with E-state index >= 15 is 0 Å². The quantitative estimate of drug-likeness (QED) is 0.413. The second-order valence-corrected chi connectivity index (χ2v) is 7.64. The van der Waals surface area contributed by atoms with E-state index in [9.17, 15) is 14.9 Å². The maximum atomic E-state index is 12.6. The van der Waals surface area contributed by atoms with Crippen LogP contribution in [0.2, 0.25) is 0 Å². The van der Waals surface area contributed by atoms with E-state index in [1.807, 2.05) is 0 Å². The fraction of sp³-hybridized carbons (Fsp3) is 0.292. The van der Waals surface area contributed by atoms with Gasteiger partial charge in [0.2, 0.25) is 0 Å². The summed E-state index contributed by atoms with van der Waals surface area (Å²) >= 11 is 0. The zero-order chi connectivity index (χ0) is 22.9. The second kappa shape index (κ2) is 8.63. The lowest BCUT2D eigenvalue weighted by molar-refractivity contribution is -0.384. The van der Waals surface area contributed by atoms with Crippen molar-refractivity contribution >= 4 is 17.3 Å². The second-order valence-electron chi connectivity index (χ2n) is 7.64. The van der Waals surface area contributed by atoms with E-state index in [0.29, 0.717) is 17.9 Å².